The van der Waals surface area contributed by atoms with Gasteiger partial charge in [0.25, 0.3) is 5.91 Å². The summed E-state index contributed by atoms with van der Waals surface area (Å²) in [6, 6.07) is 14.9. The molecule has 2 aromatic carbocycles. The van der Waals surface area contributed by atoms with Gasteiger partial charge in [-0.25, -0.2) is 0 Å². The molecular weight excluding hydrogens is 442 g/mol. The van der Waals surface area contributed by atoms with Gasteiger partial charge in [0.1, 0.15) is 0 Å². The maximum absolute atomic E-state index is 13.3. The Labute approximate surface area is 203 Å². The molecule has 0 spiro atoms. The first-order valence-corrected chi connectivity index (χ1v) is 13.2. The molecule has 0 unspecified atom stereocenters. The third-order valence-corrected chi connectivity index (χ3v) is 8.72. The van der Waals surface area contributed by atoms with Crippen LogP contribution >= 0.6 is 11.3 Å². The maximum Gasteiger partial charge on any atom is 0.253 e. The number of aromatic nitrogens is 1. The van der Waals surface area contributed by atoms with Crippen LogP contribution in [0.4, 0.5) is 0 Å². The molecule has 3 N–H and O–H groups in total. The zero-order valence-corrected chi connectivity index (χ0v) is 20.4. The lowest BCUT2D eigenvalue weighted by Gasteiger charge is -2.31. The van der Waals surface area contributed by atoms with E-state index in [0.29, 0.717) is 12.1 Å². The number of rotatable bonds is 5. The van der Waals surface area contributed by atoms with Gasteiger partial charge in [0, 0.05) is 52.2 Å². The predicted octanol–water partition coefficient (Wildman–Crippen LogP) is 5.30. The third kappa shape index (κ3) is 3.74. The Morgan fingerprint density at radius 2 is 2.00 bits per heavy atom. The number of nitrogens with zero attached hydrogens (tertiary/aromatic N) is 2. The van der Waals surface area contributed by atoms with E-state index in [1.807, 2.05) is 17.0 Å². The third-order valence-electron chi connectivity index (χ3n) is 7.45. The molecule has 5 nitrogen and oxygen atoms in total. The quantitative estimate of drug-likeness (QED) is 0.413. The number of thiophene rings is 1. The lowest BCUT2D eigenvalue weighted by molar-refractivity contribution is 0.0709. The minimum Gasteiger partial charge on any atom is -0.392 e. The number of piperidine rings is 1. The number of aliphatic hydroxyl groups is 1. The Hall–Kier alpha value is -2.67. The second-order valence-corrected chi connectivity index (χ2v) is 11.1. The van der Waals surface area contributed by atoms with Crippen LogP contribution in [0.1, 0.15) is 47.2 Å². The zero-order valence-electron chi connectivity index (χ0n) is 19.6. The summed E-state index contributed by atoms with van der Waals surface area (Å²) < 4.78 is 3.54. The van der Waals surface area contributed by atoms with E-state index in [9.17, 15) is 9.90 Å². The van der Waals surface area contributed by atoms with Gasteiger partial charge < -0.3 is 20.3 Å². The van der Waals surface area contributed by atoms with Crippen molar-refractivity contribution in [2.24, 2.45) is 11.7 Å². The number of aliphatic hydroxyl groups excluding tert-OH is 1. The second-order valence-electron chi connectivity index (χ2n) is 10.0. The van der Waals surface area contributed by atoms with Crippen LogP contribution in [0.2, 0.25) is 0 Å². The molecule has 1 saturated heterocycles. The number of likely N-dealkylation sites (tertiary alicyclic amines) is 1. The summed E-state index contributed by atoms with van der Waals surface area (Å²) in [5.41, 5.74) is 11.3. The summed E-state index contributed by atoms with van der Waals surface area (Å²) in [4.78, 5) is 16.4. The number of aryl methyl sites for hydroxylation is 1. The lowest BCUT2D eigenvalue weighted by atomic mass is 10.0. The van der Waals surface area contributed by atoms with Gasteiger partial charge in [0.2, 0.25) is 0 Å². The van der Waals surface area contributed by atoms with E-state index in [4.69, 9.17) is 5.73 Å². The second kappa shape index (κ2) is 8.52. The molecule has 1 atom stereocenters. The van der Waals surface area contributed by atoms with Gasteiger partial charge in [0.15, 0.2) is 0 Å². The highest BCUT2D eigenvalue weighted by atomic mass is 32.1. The largest absolute Gasteiger partial charge is 0.392 e. The topological polar surface area (TPSA) is 71.5 Å². The van der Waals surface area contributed by atoms with Gasteiger partial charge in [-0.3, -0.25) is 4.79 Å². The Bertz CT molecular complexity index is 1400. The van der Waals surface area contributed by atoms with Crippen molar-refractivity contribution in [3.63, 3.8) is 0 Å². The minimum absolute atomic E-state index is 0.0159. The Morgan fingerprint density at radius 3 is 2.76 bits per heavy atom. The average molecular weight is 474 g/mol. The molecule has 176 valence electrons. The van der Waals surface area contributed by atoms with Crippen molar-refractivity contribution in [2.75, 3.05) is 13.1 Å². The van der Waals surface area contributed by atoms with E-state index in [0.717, 1.165) is 47.5 Å². The van der Waals surface area contributed by atoms with Gasteiger partial charge in [-0.15, -0.1) is 11.3 Å². The lowest BCUT2D eigenvalue weighted by Crippen LogP contribution is -2.45. The molecule has 1 aliphatic heterocycles. The van der Waals surface area contributed by atoms with E-state index < -0.39 is 0 Å². The first-order chi connectivity index (χ1) is 16.5. The molecule has 6 heteroatoms. The molecule has 0 radical (unpaired) electrons. The molecule has 1 amide bonds. The smallest absolute Gasteiger partial charge is 0.253 e. The van der Waals surface area contributed by atoms with Gasteiger partial charge in [0.05, 0.1) is 17.2 Å². The molecule has 1 saturated carbocycles. The highest BCUT2D eigenvalue weighted by molar-refractivity contribution is 7.22. The van der Waals surface area contributed by atoms with Crippen LogP contribution in [0.15, 0.2) is 42.5 Å². The van der Waals surface area contributed by atoms with Crippen LogP contribution in [0.5, 0.6) is 0 Å². The van der Waals surface area contributed by atoms with Crippen LogP contribution in [0, 0.1) is 12.8 Å². The van der Waals surface area contributed by atoms with E-state index in [2.05, 4.69) is 41.8 Å². The summed E-state index contributed by atoms with van der Waals surface area (Å²) >= 11 is 1.73. The summed E-state index contributed by atoms with van der Waals surface area (Å²) in [5.74, 6) is 0.777. The number of carbonyl (C=O) groups is 1. The van der Waals surface area contributed by atoms with E-state index in [1.165, 1.54) is 39.9 Å². The van der Waals surface area contributed by atoms with E-state index in [1.54, 1.807) is 11.3 Å². The molecule has 1 aliphatic carbocycles. The van der Waals surface area contributed by atoms with Crippen molar-refractivity contribution < 1.29 is 9.90 Å². The van der Waals surface area contributed by atoms with Gasteiger partial charge in [-0.1, -0.05) is 18.2 Å². The Kier molecular flexibility index (Phi) is 5.47. The number of para-hydroxylation sites is 1. The van der Waals surface area contributed by atoms with Gasteiger partial charge in [-0.2, -0.15) is 0 Å². The molecule has 2 aromatic heterocycles. The van der Waals surface area contributed by atoms with Gasteiger partial charge >= 0.3 is 0 Å². The van der Waals surface area contributed by atoms with Crippen molar-refractivity contribution >= 4 is 38.2 Å². The molecular formula is C28H31N3O2S. The first kappa shape index (κ1) is 21.8. The number of carbonyl (C=O) groups excluding carboxylic acids is 1. The summed E-state index contributed by atoms with van der Waals surface area (Å²) in [6.07, 6.45) is 4.51. The van der Waals surface area contributed by atoms with Crippen molar-refractivity contribution in [3.8, 4) is 10.6 Å². The number of hydrogen-bond donors (Lipinski definition) is 2. The van der Waals surface area contributed by atoms with Crippen molar-refractivity contribution in [3.05, 3.63) is 59.2 Å². The zero-order chi connectivity index (χ0) is 23.4. The fourth-order valence-corrected chi connectivity index (χ4v) is 6.82. The fourth-order valence-electron chi connectivity index (χ4n) is 5.50. The normalized spacial score (nSPS) is 18.8. The van der Waals surface area contributed by atoms with E-state index in [-0.39, 0.29) is 18.6 Å². The summed E-state index contributed by atoms with van der Waals surface area (Å²) in [7, 11) is 0. The minimum atomic E-state index is -0.0841. The van der Waals surface area contributed by atoms with Crippen molar-refractivity contribution in [1.29, 1.82) is 0 Å². The molecule has 34 heavy (non-hydrogen) atoms. The summed E-state index contributed by atoms with van der Waals surface area (Å²) in [5, 5.41) is 12.6. The van der Waals surface area contributed by atoms with Crippen molar-refractivity contribution in [2.45, 2.75) is 51.8 Å². The molecule has 0 bridgehead atoms. The number of nitrogens with two attached hydrogens (primary N) is 1. The van der Waals surface area contributed by atoms with Crippen LogP contribution in [-0.2, 0) is 13.2 Å². The SMILES string of the molecule is Cc1c(-c2cc3ccccc3n2CC2CC2)sc2cc(C(=O)N3CCC[C@@H](N)C3)cc(CO)c12. The average Bonchev–Trinajstić information content (AvgIpc) is 3.52. The standard InChI is InChI=1S/C28H31N3O2S/c1-17-26-21(16-32)11-20(28(33)30-10-4-6-22(29)15-30)13-25(26)34-27(17)24-12-19-5-2-3-7-23(19)31(24)14-18-8-9-18/h2-3,5,7,11-13,18,22,32H,4,6,8-10,14-16,29H2,1H3/t22-/m1/s1. The van der Waals surface area contributed by atoms with Crippen LogP contribution in [0.25, 0.3) is 31.6 Å². The fraction of sp³-hybridized carbons (Fsp3) is 0.393. The van der Waals surface area contributed by atoms with E-state index >= 15 is 0 Å². The van der Waals surface area contributed by atoms with Crippen LogP contribution < -0.4 is 5.73 Å². The maximum atomic E-state index is 13.3. The monoisotopic (exact) mass is 473 g/mol. The number of benzene rings is 2. The number of hydrogen-bond acceptors (Lipinski definition) is 4. The van der Waals surface area contributed by atoms with Crippen molar-refractivity contribution in [1.82, 2.24) is 9.47 Å². The molecule has 4 aromatic rings. The first-order valence-electron chi connectivity index (χ1n) is 12.3. The number of fused-ring (bicyclic) bond motifs is 2. The highest BCUT2D eigenvalue weighted by Crippen LogP contribution is 2.43. The number of amides is 1. The van der Waals surface area contributed by atoms with Gasteiger partial charge in [-0.05, 0) is 73.9 Å². The molecule has 2 fully saturated rings. The Balaban J connectivity index is 1.47. The molecule has 3 heterocycles. The Morgan fingerprint density at radius 1 is 1.18 bits per heavy atom. The van der Waals surface area contributed by atoms with Crippen LogP contribution in [0.3, 0.4) is 0 Å². The predicted molar refractivity (Wildman–Crippen MR) is 139 cm³/mol. The summed E-state index contributed by atoms with van der Waals surface area (Å²) in [6.45, 7) is 4.45. The molecule has 6 rings (SSSR count). The molecule has 2 aliphatic rings. The van der Waals surface area contributed by atoms with Crippen LogP contribution in [-0.4, -0.2) is 39.6 Å². The highest BCUT2D eigenvalue weighted by Gasteiger charge is 2.27.